The van der Waals surface area contributed by atoms with E-state index in [1.165, 1.54) is 12.1 Å². The number of benzene rings is 1. The second kappa shape index (κ2) is 9.47. The van der Waals surface area contributed by atoms with Crippen LogP contribution in [0.3, 0.4) is 0 Å². The molecule has 84 valence electrons. The third-order valence-corrected chi connectivity index (χ3v) is 1.47. The molecular formula is C10H14NNaO4. The second-order valence-electron chi connectivity index (χ2n) is 2.85. The van der Waals surface area contributed by atoms with E-state index in [4.69, 9.17) is 25.8 Å². The standard InChI is InChI=1S/C8H11NO2.C2H4O2.Na/c9-4-3-6-1-2-7(10)8(11)5-6;1-2(3)4;/h1-2,5,10-11H,3-4,9H2;1H3,(H,3,4);/q;;+1/p-1. The van der Waals surface area contributed by atoms with Gasteiger partial charge < -0.3 is 25.8 Å². The molecule has 0 atom stereocenters. The van der Waals surface area contributed by atoms with Crippen LogP contribution in [0.4, 0.5) is 0 Å². The van der Waals surface area contributed by atoms with Gasteiger partial charge in [-0.05, 0) is 37.6 Å². The van der Waals surface area contributed by atoms with Crippen LogP contribution < -0.4 is 40.4 Å². The fraction of sp³-hybridized carbons (Fsp3) is 0.300. The van der Waals surface area contributed by atoms with Crippen LogP contribution in [-0.4, -0.2) is 22.7 Å². The minimum Gasteiger partial charge on any atom is -0.550 e. The molecule has 0 bridgehead atoms. The number of carboxylic acid groups (broad SMARTS) is 1. The Hall–Kier alpha value is -0.750. The normalized spacial score (nSPS) is 8.38. The first-order valence-corrected chi connectivity index (χ1v) is 4.36. The fourth-order valence-corrected chi connectivity index (χ4v) is 0.891. The van der Waals surface area contributed by atoms with E-state index in [0.717, 1.165) is 12.5 Å². The van der Waals surface area contributed by atoms with Gasteiger partial charge in [-0.15, -0.1) is 0 Å². The van der Waals surface area contributed by atoms with Crippen molar-refractivity contribution >= 4 is 5.97 Å². The molecule has 1 rings (SSSR count). The van der Waals surface area contributed by atoms with E-state index < -0.39 is 5.97 Å². The van der Waals surface area contributed by atoms with Crippen molar-refractivity contribution in [3.05, 3.63) is 23.8 Å². The zero-order valence-electron chi connectivity index (χ0n) is 9.43. The first-order chi connectivity index (χ1) is 6.97. The summed E-state index contributed by atoms with van der Waals surface area (Å²) in [5, 5.41) is 26.9. The summed E-state index contributed by atoms with van der Waals surface area (Å²) in [5.41, 5.74) is 6.24. The molecule has 6 heteroatoms. The third kappa shape index (κ3) is 8.55. The van der Waals surface area contributed by atoms with Crippen LogP contribution in [0, 0.1) is 0 Å². The number of carbonyl (C=O) groups excluding carboxylic acids is 1. The summed E-state index contributed by atoms with van der Waals surface area (Å²) < 4.78 is 0. The Morgan fingerprint density at radius 3 is 2.25 bits per heavy atom. The number of carboxylic acids is 1. The molecule has 1 aromatic rings. The van der Waals surface area contributed by atoms with Crippen molar-refractivity contribution in [3.8, 4) is 11.5 Å². The van der Waals surface area contributed by atoms with E-state index in [1.807, 2.05) is 0 Å². The quantitative estimate of drug-likeness (QED) is 0.362. The van der Waals surface area contributed by atoms with Crippen molar-refractivity contribution < 1.29 is 49.7 Å². The van der Waals surface area contributed by atoms with Gasteiger partial charge in [0.05, 0.1) is 0 Å². The molecule has 0 amide bonds. The smallest absolute Gasteiger partial charge is 0.550 e. The molecule has 0 spiro atoms. The summed E-state index contributed by atoms with van der Waals surface area (Å²) in [7, 11) is 0. The van der Waals surface area contributed by atoms with E-state index in [2.05, 4.69) is 0 Å². The summed E-state index contributed by atoms with van der Waals surface area (Å²) in [5.74, 6) is -1.26. The minimum atomic E-state index is -1.08. The molecule has 0 aliphatic carbocycles. The topological polar surface area (TPSA) is 107 Å². The maximum Gasteiger partial charge on any atom is 1.00 e. The van der Waals surface area contributed by atoms with Gasteiger partial charge in [-0.2, -0.15) is 0 Å². The Balaban J connectivity index is 0. The number of phenolic OH excluding ortho intramolecular Hbond substituents is 2. The molecule has 0 aliphatic rings. The maximum atomic E-state index is 9.04. The Bertz CT molecular complexity index is 327. The molecule has 0 saturated carbocycles. The Morgan fingerprint density at radius 2 is 1.88 bits per heavy atom. The summed E-state index contributed by atoms with van der Waals surface area (Å²) in [4.78, 5) is 8.89. The van der Waals surface area contributed by atoms with Crippen LogP contribution in [0.15, 0.2) is 18.2 Å². The monoisotopic (exact) mass is 235 g/mol. The molecule has 0 radical (unpaired) electrons. The van der Waals surface area contributed by atoms with Gasteiger partial charge >= 0.3 is 29.6 Å². The van der Waals surface area contributed by atoms with E-state index >= 15 is 0 Å². The van der Waals surface area contributed by atoms with Crippen molar-refractivity contribution in [1.82, 2.24) is 0 Å². The van der Waals surface area contributed by atoms with Crippen molar-refractivity contribution in [2.75, 3.05) is 6.54 Å². The summed E-state index contributed by atoms with van der Waals surface area (Å²) in [6, 6.07) is 4.71. The molecule has 0 fully saturated rings. The molecule has 0 heterocycles. The number of phenols is 2. The van der Waals surface area contributed by atoms with Crippen LogP contribution in [-0.2, 0) is 11.2 Å². The Labute approximate surface area is 116 Å². The van der Waals surface area contributed by atoms with Crippen molar-refractivity contribution in [2.24, 2.45) is 5.73 Å². The zero-order chi connectivity index (χ0) is 11.8. The van der Waals surface area contributed by atoms with E-state index in [9.17, 15) is 0 Å². The molecule has 5 nitrogen and oxygen atoms in total. The fourth-order valence-electron chi connectivity index (χ4n) is 0.891. The predicted octanol–water partition coefficient (Wildman–Crippen LogP) is -3.64. The average Bonchev–Trinajstić information content (AvgIpc) is 2.11. The first kappa shape index (κ1) is 17.6. The van der Waals surface area contributed by atoms with Gasteiger partial charge in [-0.1, -0.05) is 6.07 Å². The van der Waals surface area contributed by atoms with E-state index in [-0.39, 0.29) is 41.1 Å². The summed E-state index contributed by atoms with van der Waals surface area (Å²) in [6.07, 6.45) is 0.716. The number of hydrogen-bond acceptors (Lipinski definition) is 5. The largest absolute Gasteiger partial charge is 1.00 e. The SMILES string of the molecule is CC(=O)[O-].NCCc1ccc(O)c(O)c1.[Na+]. The van der Waals surface area contributed by atoms with Gasteiger partial charge in [0.1, 0.15) is 0 Å². The summed E-state index contributed by atoms with van der Waals surface area (Å²) in [6.45, 7) is 1.52. The van der Waals surface area contributed by atoms with Crippen molar-refractivity contribution in [2.45, 2.75) is 13.3 Å². The van der Waals surface area contributed by atoms with Gasteiger partial charge in [0.15, 0.2) is 11.5 Å². The van der Waals surface area contributed by atoms with Gasteiger partial charge in [0.2, 0.25) is 0 Å². The number of nitrogens with two attached hydrogens (primary N) is 1. The number of aromatic hydroxyl groups is 2. The van der Waals surface area contributed by atoms with Gasteiger partial charge in [-0.25, -0.2) is 0 Å². The van der Waals surface area contributed by atoms with Crippen LogP contribution >= 0.6 is 0 Å². The molecule has 0 saturated heterocycles. The van der Waals surface area contributed by atoms with Gasteiger partial charge in [0.25, 0.3) is 0 Å². The van der Waals surface area contributed by atoms with Crippen LogP contribution in [0.2, 0.25) is 0 Å². The number of rotatable bonds is 2. The molecule has 0 unspecified atom stereocenters. The molecule has 1 aromatic carbocycles. The molecule has 16 heavy (non-hydrogen) atoms. The Kier molecular flexibility index (Phi) is 10.4. The second-order valence-corrected chi connectivity index (χ2v) is 2.85. The number of aliphatic carboxylic acids is 1. The van der Waals surface area contributed by atoms with E-state index in [1.54, 1.807) is 6.07 Å². The third-order valence-electron chi connectivity index (χ3n) is 1.47. The zero-order valence-corrected chi connectivity index (χ0v) is 11.4. The van der Waals surface area contributed by atoms with Gasteiger partial charge in [0, 0.05) is 5.97 Å². The average molecular weight is 235 g/mol. The Morgan fingerprint density at radius 1 is 1.38 bits per heavy atom. The molecule has 4 N–H and O–H groups in total. The van der Waals surface area contributed by atoms with Crippen molar-refractivity contribution in [3.63, 3.8) is 0 Å². The molecule has 0 aliphatic heterocycles. The van der Waals surface area contributed by atoms with Crippen molar-refractivity contribution in [1.29, 1.82) is 0 Å². The van der Waals surface area contributed by atoms with E-state index in [0.29, 0.717) is 13.0 Å². The molecular weight excluding hydrogens is 221 g/mol. The van der Waals surface area contributed by atoms with Gasteiger partial charge in [-0.3, -0.25) is 0 Å². The summed E-state index contributed by atoms with van der Waals surface area (Å²) >= 11 is 0. The number of hydrogen-bond donors (Lipinski definition) is 3. The van der Waals surface area contributed by atoms with Crippen LogP contribution in [0.25, 0.3) is 0 Å². The maximum absolute atomic E-state index is 9.04. The molecule has 0 aromatic heterocycles. The van der Waals surface area contributed by atoms with Crippen LogP contribution in [0.5, 0.6) is 11.5 Å². The van der Waals surface area contributed by atoms with Crippen LogP contribution in [0.1, 0.15) is 12.5 Å². The predicted molar refractivity (Wildman–Crippen MR) is 53.2 cm³/mol. The minimum absolute atomic E-state index is 0. The number of carbonyl (C=O) groups is 1. The first-order valence-electron chi connectivity index (χ1n) is 4.36.